The van der Waals surface area contributed by atoms with E-state index >= 15 is 0 Å². The number of ether oxygens (including phenoxy) is 4. The quantitative estimate of drug-likeness (QED) is 0.492. The molecule has 1 atom stereocenters. The van der Waals surface area contributed by atoms with Crippen molar-refractivity contribution in [1.82, 2.24) is 10.3 Å². The van der Waals surface area contributed by atoms with Crippen molar-refractivity contribution in [3.05, 3.63) is 58.1 Å². The first kappa shape index (κ1) is 23.0. The highest BCUT2D eigenvalue weighted by molar-refractivity contribution is 7.16. The van der Waals surface area contributed by atoms with Gasteiger partial charge in [0.1, 0.15) is 0 Å². The monoisotopic (exact) mass is 495 g/mol. The molecular formula is C25H25N3O6S. The second-order valence-corrected chi connectivity index (χ2v) is 9.25. The van der Waals surface area contributed by atoms with E-state index in [1.165, 1.54) is 11.3 Å². The van der Waals surface area contributed by atoms with Gasteiger partial charge in [0.25, 0.3) is 5.91 Å². The van der Waals surface area contributed by atoms with Crippen LogP contribution >= 0.6 is 11.3 Å². The number of fused-ring (bicyclic) bond motifs is 2. The molecule has 2 aromatic carbocycles. The van der Waals surface area contributed by atoms with Crippen molar-refractivity contribution < 1.29 is 28.5 Å². The Morgan fingerprint density at radius 1 is 1.09 bits per heavy atom. The lowest BCUT2D eigenvalue weighted by Crippen LogP contribution is -2.30. The average molecular weight is 496 g/mol. The zero-order valence-corrected chi connectivity index (χ0v) is 20.2. The van der Waals surface area contributed by atoms with Crippen LogP contribution in [0.5, 0.6) is 23.0 Å². The molecule has 2 aliphatic rings. The third-order valence-electron chi connectivity index (χ3n) is 6.05. The molecule has 0 spiro atoms. The number of anilines is 1. The van der Waals surface area contributed by atoms with Crippen LogP contribution in [0.2, 0.25) is 0 Å². The fraction of sp³-hybridized carbons (Fsp3) is 0.320. The fourth-order valence-corrected chi connectivity index (χ4v) is 5.27. The van der Waals surface area contributed by atoms with Crippen molar-refractivity contribution in [2.45, 2.75) is 25.2 Å². The average Bonchev–Trinajstić information content (AvgIpc) is 3.59. The Morgan fingerprint density at radius 3 is 2.74 bits per heavy atom. The lowest BCUT2D eigenvalue weighted by Gasteiger charge is -2.12. The van der Waals surface area contributed by atoms with Gasteiger partial charge in [-0.25, -0.2) is 4.98 Å². The molecule has 35 heavy (non-hydrogen) atoms. The molecule has 2 heterocycles. The van der Waals surface area contributed by atoms with Gasteiger partial charge in [0, 0.05) is 17.0 Å². The molecule has 1 aliphatic carbocycles. The number of carbonyl (C=O) groups is 2. The van der Waals surface area contributed by atoms with Gasteiger partial charge in [-0.15, -0.1) is 11.3 Å². The van der Waals surface area contributed by atoms with Crippen molar-refractivity contribution in [2.24, 2.45) is 0 Å². The number of methoxy groups -OCH3 is 2. The van der Waals surface area contributed by atoms with Crippen LogP contribution in [-0.4, -0.2) is 44.4 Å². The number of thiazole rings is 1. The van der Waals surface area contributed by atoms with Crippen LogP contribution in [0, 0.1) is 0 Å². The number of nitrogens with one attached hydrogen (secondary N) is 2. The molecule has 1 aliphatic heterocycles. The van der Waals surface area contributed by atoms with Crippen LogP contribution in [0.4, 0.5) is 5.13 Å². The molecule has 0 saturated carbocycles. The van der Waals surface area contributed by atoms with Crippen molar-refractivity contribution in [2.75, 3.05) is 32.9 Å². The Labute approximate surface area is 206 Å². The first-order chi connectivity index (χ1) is 17.1. The summed E-state index contributed by atoms with van der Waals surface area (Å²) < 4.78 is 21.2. The Bertz CT molecular complexity index is 1270. The summed E-state index contributed by atoms with van der Waals surface area (Å²) in [7, 11) is 3.20. The predicted molar refractivity (Wildman–Crippen MR) is 130 cm³/mol. The molecule has 2 N–H and O–H groups in total. The zero-order valence-electron chi connectivity index (χ0n) is 19.4. The van der Waals surface area contributed by atoms with Gasteiger partial charge in [0.2, 0.25) is 12.7 Å². The molecule has 1 unspecified atom stereocenters. The van der Waals surface area contributed by atoms with E-state index in [-0.39, 0.29) is 24.5 Å². The summed E-state index contributed by atoms with van der Waals surface area (Å²) in [6.07, 6.45) is 2.15. The van der Waals surface area contributed by atoms with Crippen LogP contribution in [0.25, 0.3) is 0 Å². The number of hydrogen-bond donors (Lipinski definition) is 2. The van der Waals surface area contributed by atoms with E-state index in [9.17, 15) is 9.59 Å². The van der Waals surface area contributed by atoms with Gasteiger partial charge in [-0.3, -0.25) is 14.9 Å². The molecule has 3 aromatic rings. The molecule has 5 rings (SSSR count). The van der Waals surface area contributed by atoms with Crippen molar-refractivity contribution in [3.63, 3.8) is 0 Å². The minimum absolute atomic E-state index is 0.0526. The van der Waals surface area contributed by atoms with Gasteiger partial charge in [-0.05, 0) is 55.2 Å². The second-order valence-electron chi connectivity index (χ2n) is 8.17. The normalized spacial score (nSPS) is 15.4. The SMILES string of the molecule is COc1ccc(CCNC(=O)C2CCc3sc(NC(=O)c4ccc5c(c4)OCO5)nc32)cc1OC. The lowest BCUT2D eigenvalue weighted by molar-refractivity contribution is -0.122. The molecule has 0 fully saturated rings. The maximum Gasteiger partial charge on any atom is 0.257 e. The van der Waals surface area contributed by atoms with Gasteiger partial charge in [0.05, 0.1) is 25.8 Å². The largest absolute Gasteiger partial charge is 0.493 e. The third-order valence-corrected chi connectivity index (χ3v) is 7.10. The molecule has 182 valence electrons. The van der Waals surface area contributed by atoms with Crippen molar-refractivity contribution in [3.8, 4) is 23.0 Å². The number of hydrogen-bond acceptors (Lipinski definition) is 8. The number of carbonyl (C=O) groups excluding carboxylic acids is 2. The summed E-state index contributed by atoms with van der Waals surface area (Å²) in [5.74, 6) is 1.84. The maximum absolute atomic E-state index is 12.9. The standard InChI is InChI=1S/C25H25N3O6S/c1-31-17-6-3-14(11-19(17)32-2)9-10-26-24(30)16-5-8-21-22(16)27-25(35-21)28-23(29)15-4-7-18-20(12-15)34-13-33-18/h3-4,6-7,11-12,16H,5,8-10,13H2,1-2H3,(H,26,30)(H,27,28,29). The van der Waals surface area contributed by atoms with Gasteiger partial charge in [-0.1, -0.05) is 6.07 Å². The Kier molecular flexibility index (Phi) is 6.45. The van der Waals surface area contributed by atoms with E-state index in [0.717, 1.165) is 22.6 Å². The number of aromatic nitrogens is 1. The summed E-state index contributed by atoms with van der Waals surface area (Å²) in [4.78, 5) is 31.2. The summed E-state index contributed by atoms with van der Waals surface area (Å²) in [5, 5.41) is 6.35. The fourth-order valence-electron chi connectivity index (χ4n) is 4.23. The van der Waals surface area contributed by atoms with E-state index in [1.54, 1.807) is 32.4 Å². The van der Waals surface area contributed by atoms with E-state index < -0.39 is 0 Å². The lowest BCUT2D eigenvalue weighted by atomic mass is 10.1. The molecule has 0 saturated heterocycles. The van der Waals surface area contributed by atoms with Gasteiger partial charge >= 0.3 is 0 Å². The predicted octanol–water partition coefficient (Wildman–Crippen LogP) is 3.53. The molecule has 0 radical (unpaired) electrons. The van der Waals surface area contributed by atoms with Crippen molar-refractivity contribution >= 4 is 28.3 Å². The molecule has 9 nitrogen and oxygen atoms in total. The minimum atomic E-state index is -0.317. The van der Waals surface area contributed by atoms with E-state index in [2.05, 4.69) is 15.6 Å². The molecular weight excluding hydrogens is 470 g/mol. The van der Waals surface area contributed by atoms with E-state index in [4.69, 9.17) is 18.9 Å². The van der Waals surface area contributed by atoms with Gasteiger partial charge in [0.15, 0.2) is 28.1 Å². The highest BCUT2D eigenvalue weighted by atomic mass is 32.1. The minimum Gasteiger partial charge on any atom is -0.493 e. The molecule has 2 amide bonds. The number of nitrogens with zero attached hydrogens (tertiary/aromatic N) is 1. The summed E-state index contributed by atoms with van der Waals surface area (Å²) >= 11 is 1.42. The van der Waals surface area contributed by atoms with Crippen LogP contribution in [0.15, 0.2) is 36.4 Å². The first-order valence-electron chi connectivity index (χ1n) is 11.2. The number of benzene rings is 2. The summed E-state index contributed by atoms with van der Waals surface area (Å²) in [6.45, 7) is 0.648. The highest BCUT2D eigenvalue weighted by Crippen LogP contribution is 2.39. The van der Waals surface area contributed by atoms with Crippen LogP contribution in [-0.2, 0) is 17.6 Å². The van der Waals surface area contributed by atoms with Crippen molar-refractivity contribution in [1.29, 1.82) is 0 Å². The number of amides is 2. The topological polar surface area (TPSA) is 108 Å². The van der Waals surface area contributed by atoms with E-state index in [1.807, 2.05) is 18.2 Å². The maximum atomic E-state index is 12.9. The Hall–Kier alpha value is -3.79. The first-order valence-corrected chi connectivity index (χ1v) is 12.1. The molecule has 1 aromatic heterocycles. The number of aryl methyl sites for hydroxylation is 1. The molecule has 0 bridgehead atoms. The van der Waals surface area contributed by atoms with Crippen LogP contribution in [0.1, 0.15) is 38.8 Å². The zero-order chi connectivity index (χ0) is 24.4. The smallest absolute Gasteiger partial charge is 0.257 e. The second kappa shape index (κ2) is 9.83. The summed E-state index contributed by atoms with van der Waals surface area (Å²) in [6, 6.07) is 10.8. The molecule has 10 heteroatoms. The Balaban J connectivity index is 1.18. The Morgan fingerprint density at radius 2 is 1.91 bits per heavy atom. The number of rotatable bonds is 8. The van der Waals surface area contributed by atoms with Crippen LogP contribution < -0.4 is 29.6 Å². The van der Waals surface area contributed by atoms with Gasteiger partial charge < -0.3 is 24.3 Å². The van der Waals surface area contributed by atoms with Crippen LogP contribution in [0.3, 0.4) is 0 Å². The third kappa shape index (κ3) is 4.74. The highest BCUT2D eigenvalue weighted by Gasteiger charge is 2.32. The summed E-state index contributed by atoms with van der Waals surface area (Å²) in [5.41, 5.74) is 2.24. The van der Waals surface area contributed by atoms with Gasteiger partial charge in [-0.2, -0.15) is 0 Å². The van der Waals surface area contributed by atoms with E-state index in [0.29, 0.717) is 53.1 Å².